The highest BCUT2D eigenvalue weighted by Gasteiger charge is 2.40. The summed E-state index contributed by atoms with van der Waals surface area (Å²) in [6, 6.07) is 0. The Morgan fingerprint density at radius 1 is 1.40 bits per heavy atom. The van der Waals surface area contributed by atoms with Crippen LogP contribution in [0, 0.1) is 0 Å². The SMILES string of the molecule is NCC1(c2ncc(C3CCC3)[nH]2)CCC1. The Morgan fingerprint density at radius 2 is 2.20 bits per heavy atom. The van der Waals surface area contributed by atoms with Crippen molar-refractivity contribution in [2.75, 3.05) is 6.54 Å². The molecule has 0 atom stereocenters. The minimum absolute atomic E-state index is 0.196. The fourth-order valence-electron chi connectivity index (χ4n) is 2.67. The van der Waals surface area contributed by atoms with Crippen molar-refractivity contribution in [3.8, 4) is 0 Å². The molecule has 0 bridgehead atoms. The molecule has 15 heavy (non-hydrogen) atoms. The van der Waals surface area contributed by atoms with Gasteiger partial charge in [-0.25, -0.2) is 4.98 Å². The monoisotopic (exact) mass is 205 g/mol. The third-order valence-electron chi connectivity index (χ3n) is 4.34. The molecule has 0 aliphatic heterocycles. The first kappa shape index (κ1) is 9.40. The van der Waals surface area contributed by atoms with Crippen LogP contribution in [0.4, 0.5) is 0 Å². The molecule has 0 spiro atoms. The van der Waals surface area contributed by atoms with Crippen LogP contribution in [0.3, 0.4) is 0 Å². The van der Waals surface area contributed by atoms with E-state index in [4.69, 9.17) is 5.73 Å². The van der Waals surface area contributed by atoms with Gasteiger partial charge >= 0.3 is 0 Å². The molecule has 0 saturated heterocycles. The Kier molecular flexibility index (Phi) is 2.09. The maximum absolute atomic E-state index is 5.87. The normalized spacial score (nSPS) is 24.6. The standard InChI is InChI=1S/C12H19N3/c13-8-12(5-2-6-12)11-14-7-10(15-11)9-3-1-4-9/h7,9H,1-6,8,13H2,(H,14,15). The number of nitrogens with one attached hydrogen (secondary N) is 1. The molecule has 1 aromatic heterocycles. The zero-order valence-electron chi connectivity index (χ0n) is 9.13. The van der Waals surface area contributed by atoms with Crippen LogP contribution in [0.2, 0.25) is 0 Å². The van der Waals surface area contributed by atoms with Gasteiger partial charge in [0.2, 0.25) is 0 Å². The van der Waals surface area contributed by atoms with E-state index in [2.05, 4.69) is 9.97 Å². The van der Waals surface area contributed by atoms with Crippen molar-refractivity contribution in [2.45, 2.75) is 49.9 Å². The van der Waals surface area contributed by atoms with Crippen molar-refractivity contribution in [3.63, 3.8) is 0 Å². The first-order valence-electron chi connectivity index (χ1n) is 6.09. The van der Waals surface area contributed by atoms with Gasteiger partial charge in [-0.2, -0.15) is 0 Å². The predicted octanol–water partition coefficient (Wildman–Crippen LogP) is 2.06. The van der Waals surface area contributed by atoms with E-state index >= 15 is 0 Å². The highest BCUT2D eigenvalue weighted by Crippen LogP contribution is 2.42. The molecule has 0 aromatic carbocycles. The van der Waals surface area contributed by atoms with Crippen LogP contribution < -0.4 is 5.73 Å². The van der Waals surface area contributed by atoms with Crippen LogP contribution in [0.15, 0.2) is 6.20 Å². The van der Waals surface area contributed by atoms with E-state index in [0.717, 1.165) is 18.3 Å². The van der Waals surface area contributed by atoms with Gasteiger partial charge < -0.3 is 10.7 Å². The van der Waals surface area contributed by atoms with Crippen molar-refractivity contribution in [1.82, 2.24) is 9.97 Å². The molecule has 1 heterocycles. The Bertz CT molecular complexity index is 342. The summed E-state index contributed by atoms with van der Waals surface area (Å²) >= 11 is 0. The highest BCUT2D eigenvalue weighted by molar-refractivity contribution is 5.19. The number of aromatic amines is 1. The molecule has 2 saturated carbocycles. The van der Waals surface area contributed by atoms with Gasteiger partial charge in [0, 0.05) is 29.8 Å². The van der Waals surface area contributed by atoms with Gasteiger partial charge in [-0.1, -0.05) is 12.8 Å². The van der Waals surface area contributed by atoms with Crippen molar-refractivity contribution in [2.24, 2.45) is 5.73 Å². The van der Waals surface area contributed by atoms with Gasteiger partial charge in [-0.15, -0.1) is 0 Å². The lowest BCUT2D eigenvalue weighted by molar-refractivity contribution is 0.239. The maximum Gasteiger partial charge on any atom is 0.113 e. The number of H-pyrrole nitrogens is 1. The van der Waals surface area contributed by atoms with E-state index in [1.54, 1.807) is 0 Å². The van der Waals surface area contributed by atoms with Crippen molar-refractivity contribution < 1.29 is 0 Å². The molecular formula is C12H19N3. The third-order valence-corrected chi connectivity index (χ3v) is 4.34. The summed E-state index contributed by atoms with van der Waals surface area (Å²) in [6.45, 7) is 0.741. The van der Waals surface area contributed by atoms with Crippen LogP contribution in [0.1, 0.15) is 56.0 Å². The maximum atomic E-state index is 5.87. The van der Waals surface area contributed by atoms with Gasteiger partial charge in [-0.05, 0) is 25.7 Å². The van der Waals surface area contributed by atoms with Crippen molar-refractivity contribution >= 4 is 0 Å². The number of hydrogen-bond donors (Lipinski definition) is 2. The minimum atomic E-state index is 0.196. The largest absolute Gasteiger partial charge is 0.345 e. The smallest absolute Gasteiger partial charge is 0.113 e. The zero-order valence-corrected chi connectivity index (χ0v) is 9.13. The van der Waals surface area contributed by atoms with Crippen LogP contribution in [0.5, 0.6) is 0 Å². The lowest BCUT2D eigenvalue weighted by Gasteiger charge is -2.39. The average molecular weight is 205 g/mol. The number of imidazole rings is 1. The fourth-order valence-corrected chi connectivity index (χ4v) is 2.67. The third kappa shape index (κ3) is 1.33. The molecular weight excluding hydrogens is 186 g/mol. The Balaban J connectivity index is 1.82. The fraction of sp³-hybridized carbons (Fsp3) is 0.750. The van der Waals surface area contributed by atoms with Gasteiger partial charge in [-0.3, -0.25) is 0 Å². The summed E-state index contributed by atoms with van der Waals surface area (Å²) < 4.78 is 0. The van der Waals surface area contributed by atoms with Crippen molar-refractivity contribution in [1.29, 1.82) is 0 Å². The van der Waals surface area contributed by atoms with E-state index in [1.807, 2.05) is 6.20 Å². The average Bonchev–Trinajstić information content (AvgIpc) is 2.50. The number of nitrogens with zero attached hydrogens (tertiary/aromatic N) is 1. The van der Waals surface area contributed by atoms with Crippen molar-refractivity contribution in [3.05, 3.63) is 17.7 Å². The Morgan fingerprint density at radius 3 is 2.67 bits per heavy atom. The minimum Gasteiger partial charge on any atom is -0.345 e. The molecule has 2 fully saturated rings. The zero-order chi connectivity index (χ0) is 10.3. The van der Waals surface area contributed by atoms with Gasteiger partial charge in [0.15, 0.2) is 0 Å². The Labute approximate surface area is 90.5 Å². The first-order chi connectivity index (χ1) is 7.34. The summed E-state index contributed by atoms with van der Waals surface area (Å²) in [5.74, 6) is 1.90. The van der Waals surface area contributed by atoms with Gasteiger partial charge in [0.1, 0.15) is 5.82 Å². The van der Waals surface area contributed by atoms with E-state index in [9.17, 15) is 0 Å². The molecule has 0 amide bonds. The molecule has 0 radical (unpaired) electrons. The second-order valence-corrected chi connectivity index (χ2v) is 5.15. The molecule has 3 nitrogen and oxygen atoms in total. The summed E-state index contributed by atoms with van der Waals surface area (Å²) in [6.07, 6.45) is 9.80. The molecule has 2 aliphatic rings. The molecule has 3 heteroatoms. The summed E-state index contributed by atoms with van der Waals surface area (Å²) in [5, 5.41) is 0. The van der Waals surface area contributed by atoms with E-state index < -0.39 is 0 Å². The van der Waals surface area contributed by atoms with Gasteiger partial charge in [0.25, 0.3) is 0 Å². The highest BCUT2D eigenvalue weighted by atomic mass is 15.0. The van der Waals surface area contributed by atoms with Crippen LogP contribution in [-0.4, -0.2) is 16.5 Å². The topological polar surface area (TPSA) is 54.7 Å². The molecule has 3 N–H and O–H groups in total. The van der Waals surface area contributed by atoms with Crippen LogP contribution >= 0.6 is 0 Å². The number of aromatic nitrogens is 2. The lowest BCUT2D eigenvalue weighted by Crippen LogP contribution is -2.42. The second kappa shape index (κ2) is 3.34. The van der Waals surface area contributed by atoms with E-state index in [1.165, 1.54) is 44.2 Å². The lowest BCUT2D eigenvalue weighted by atomic mass is 9.68. The predicted molar refractivity (Wildman–Crippen MR) is 59.8 cm³/mol. The van der Waals surface area contributed by atoms with Crippen LogP contribution in [0.25, 0.3) is 0 Å². The molecule has 2 aliphatic carbocycles. The van der Waals surface area contributed by atoms with E-state index in [0.29, 0.717) is 0 Å². The summed E-state index contributed by atoms with van der Waals surface area (Å²) in [7, 11) is 0. The molecule has 3 rings (SSSR count). The summed E-state index contributed by atoms with van der Waals surface area (Å²) in [4.78, 5) is 8.07. The number of rotatable bonds is 3. The van der Waals surface area contributed by atoms with E-state index in [-0.39, 0.29) is 5.41 Å². The Hall–Kier alpha value is -0.830. The first-order valence-corrected chi connectivity index (χ1v) is 6.09. The second-order valence-electron chi connectivity index (χ2n) is 5.15. The molecule has 1 aromatic rings. The summed E-state index contributed by atoms with van der Waals surface area (Å²) in [5.41, 5.74) is 7.41. The van der Waals surface area contributed by atoms with Crippen LogP contribution in [-0.2, 0) is 5.41 Å². The quantitative estimate of drug-likeness (QED) is 0.793. The van der Waals surface area contributed by atoms with Gasteiger partial charge in [0.05, 0.1) is 0 Å². The molecule has 0 unspecified atom stereocenters. The number of hydrogen-bond acceptors (Lipinski definition) is 2. The molecule has 82 valence electrons. The number of nitrogens with two attached hydrogens (primary N) is 1.